The van der Waals surface area contributed by atoms with Gasteiger partial charge in [-0.15, -0.1) is 0 Å². The average molecular weight is 266 g/mol. The molecule has 100 valence electrons. The molecular formula is C13H22N4S. The smallest absolute Gasteiger partial charge is 0.137 e. The van der Waals surface area contributed by atoms with Crippen LogP contribution in [0.2, 0.25) is 0 Å². The van der Waals surface area contributed by atoms with Crippen molar-refractivity contribution >= 4 is 23.4 Å². The second kappa shape index (κ2) is 5.78. The molecule has 2 heterocycles. The lowest BCUT2D eigenvalue weighted by Crippen LogP contribution is -2.33. The van der Waals surface area contributed by atoms with Crippen LogP contribution < -0.4 is 10.6 Å². The van der Waals surface area contributed by atoms with E-state index in [-0.39, 0.29) is 0 Å². The van der Waals surface area contributed by atoms with Crippen LogP contribution in [0, 0.1) is 6.92 Å². The molecule has 2 rings (SSSR count). The summed E-state index contributed by atoms with van der Waals surface area (Å²) in [6.45, 7) is 4.15. The van der Waals surface area contributed by atoms with Gasteiger partial charge in [0, 0.05) is 30.8 Å². The highest BCUT2D eigenvalue weighted by Gasteiger charge is 2.23. The van der Waals surface area contributed by atoms with Crippen LogP contribution >= 0.6 is 11.8 Å². The molecule has 1 aliphatic rings. The first-order valence-electron chi connectivity index (χ1n) is 6.57. The Labute approximate surface area is 113 Å². The van der Waals surface area contributed by atoms with Gasteiger partial charge in [-0.2, -0.15) is 11.8 Å². The van der Waals surface area contributed by atoms with Crippen molar-refractivity contribution in [3.8, 4) is 0 Å². The number of hydrogen-bond acceptors (Lipinski definition) is 5. The van der Waals surface area contributed by atoms with Crippen molar-refractivity contribution in [2.75, 3.05) is 29.2 Å². The zero-order chi connectivity index (χ0) is 13.1. The van der Waals surface area contributed by atoms with Crippen molar-refractivity contribution in [1.82, 2.24) is 9.97 Å². The van der Waals surface area contributed by atoms with Crippen LogP contribution in [-0.2, 0) is 6.42 Å². The van der Waals surface area contributed by atoms with Gasteiger partial charge in [-0.05, 0) is 25.5 Å². The van der Waals surface area contributed by atoms with E-state index < -0.39 is 0 Å². The van der Waals surface area contributed by atoms with Crippen LogP contribution in [0.15, 0.2) is 0 Å². The van der Waals surface area contributed by atoms with Gasteiger partial charge in [-0.1, -0.05) is 6.92 Å². The third-order valence-electron chi connectivity index (χ3n) is 3.47. The van der Waals surface area contributed by atoms with E-state index in [1.54, 1.807) is 0 Å². The van der Waals surface area contributed by atoms with Crippen molar-refractivity contribution in [3.63, 3.8) is 0 Å². The van der Waals surface area contributed by atoms with Crippen molar-refractivity contribution < 1.29 is 0 Å². The summed E-state index contributed by atoms with van der Waals surface area (Å²) in [6.07, 6.45) is 3.17. The molecule has 1 unspecified atom stereocenters. The molecular weight excluding hydrogens is 244 g/mol. The lowest BCUT2D eigenvalue weighted by atomic mass is 10.2. The molecule has 5 heteroatoms. The first-order chi connectivity index (χ1) is 8.63. The number of anilines is 2. The van der Waals surface area contributed by atoms with Crippen molar-refractivity contribution in [3.05, 3.63) is 11.4 Å². The fourth-order valence-corrected chi connectivity index (χ4v) is 3.52. The van der Waals surface area contributed by atoms with Gasteiger partial charge in [0.25, 0.3) is 0 Å². The van der Waals surface area contributed by atoms with Crippen LogP contribution in [0.25, 0.3) is 0 Å². The third kappa shape index (κ3) is 2.71. The van der Waals surface area contributed by atoms with Crippen LogP contribution in [0.1, 0.15) is 31.2 Å². The standard InChI is InChI=1S/C13H22N4S/c1-4-5-11-15-12(14)9(2)13(16-11)17(3)10-6-7-18-8-10/h10H,4-8H2,1-3H3,(H2,14,15,16). The summed E-state index contributed by atoms with van der Waals surface area (Å²) in [7, 11) is 2.13. The first kappa shape index (κ1) is 13.5. The number of nitrogens with zero attached hydrogens (tertiary/aromatic N) is 3. The Morgan fingerprint density at radius 1 is 1.44 bits per heavy atom. The SMILES string of the molecule is CCCc1nc(N)c(C)c(N(C)C2CCSC2)n1. The summed E-state index contributed by atoms with van der Waals surface area (Å²) in [5.74, 6) is 4.94. The number of nitrogens with two attached hydrogens (primary N) is 1. The molecule has 1 aliphatic heterocycles. The number of rotatable bonds is 4. The van der Waals surface area contributed by atoms with Crippen molar-refractivity contribution in [2.45, 2.75) is 39.2 Å². The van der Waals surface area contributed by atoms with Gasteiger partial charge in [0.05, 0.1) is 0 Å². The monoisotopic (exact) mass is 266 g/mol. The van der Waals surface area contributed by atoms with E-state index in [1.165, 1.54) is 17.9 Å². The van der Waals surface area contributed by atoms with Gasteiger partial charge < -0.3 is 10.6 Å². The molecule has 18 heavy (non-hydrogen) atoms. The number of aromatic nitrogens is 2. The zero-order valence-electron chi connectivity index (χ0n) is 11.4. The Kier molecular flexibility index (Phi) is 4.32. The molecule has 1 atom stereocenters. The minimum atomic E-state index is 0.581. The average Bonchev–Trinajstić information content (AvgIpc) is 2.86. The second-order valence-corrected chi connectivity index (χ2v) is 6.00. The molecule has 2 N–H and O–H groups in total. The number of hydrogen-bond donors (Lipinski definition) is 1. The van der Waals surface area contributed by atoms with Crippen molar-refractivity contribution in [1.29, 1.82) is 0 Å². The lowest BCUT2D eigenvalue weighted by Gasteiger charge is -2.27. The maximum absolute atomic E-state index is 6.01. The Morgan fingerprint density at radius 3 is 2.83 bits per heavy atom. The highest BCUT2D eigenvalue weighted by Crippen LogP contribution is 2.28. The van der Waals surface area contributed by atoms with Gasteiger partial charge in [-0.25, -0.2) is 9.97 Å². The Bertz CT molecular complexity index is 416. The Hall–Kier alpha value is -0.970. The van der Waals surface area contributed by atoms with Gasteiger partial charge in [0.15, 0.2) is 0 Å². The lowest BCUT2D eigenvalue weighted by molar-refractivity contribution is 0.683. The van der Waals surface area contributed by atoms with E-state index in [9.17, 15) is 0 Å². The van der Waals surface area contributed by atoms with Crippen LogP contribution in [0.5, 0.6) is 0 Å². The summed E-state index contributed by atoms with van der Waals surface area (Å²) in [5.41, 5.74) is 7.01. The van der Waals surface area contributed by atoms with E-state index in [4.69, 9.17) is 10.7 Å². The summed E-state index contributed by atoms with van der Waals surface area (Å²) in [5, 5.41) is 0. The molecule has 1 aromatic rings. The second-order valence-electron chi connectivity index (χ2n) is 4.85. The normalized spacial score (nSPS) is 19.2. The Balaban J connectivity index is 2.29. The predicted octanol–water partition coefficient (Wildman–Crippen LogP) is 2.26. The van der Waals surface area contributed by atoms with Crippen LogP contribution in [0.4, 0.5) is 11.6 Å². The molecule has 1 aromatic heterocycles. The number of thioether (sulfide) groups is 1. The van der Waals surface area contributed by atoms with E-state index in [0.717, 1.165) is 30.0 Å². The maximum atomic E-state index is 6.01. The summed E-state index contributed by atoms with van der Waals surface area (Å²) in [6, 6.07) is 0.581. The fourth-order valence-electron chi connectivity index (χ4n) is 2.25. The van der Waals surface area contributed by atoms with Gasteiger partial charge in [0.1, 0.15) is 17.5 Å². The van der Waals surface area contributed by atoms with Crippen molar-refractivity contribution in [2.24, 2.45) is 0 Å². The first-order valence-corrected chi connectivity index (χ1v) is 7.72. The summed E-state index contributed by atoms with van der Waals surface area (Å²) < 4.78 is 0. The molecule has 4 nitrogen and oxygen atoms in total. The topological polar surface area (TPSA) is 55.0 Å². The molecule has 0 radical (unpaired) electrons. The van der Waals surface area contributed by atoms with Crippen LogP contribution in [0.3, 0.4) is 0 Å². The van der Waals surface area contributed by atoms with E-state index >= 15 is 0 Å². The third-order valence-corrected chi connectivity index (χ3v) is 4.61. The van der Waals surface area contributed by atoms with Gasteiger partial charge in [-0.3, -0.25) is 0 Å². The zero-order valence-corrected chi connectivity index (χ0v) is 12.3. The maximum Gasteiger partial charge on any atom is 0.137 e. The highest BCUT2D eigenvalue weighted by atomic mass is 32.2. The van der Waals surface area contributed by atoms with Gasteiger partial charge in [0.2, 0.25) is 0 Å². The van der Waals surface area contributed by atoms with Crippen LogP contribution in [-0.4, -0.2) is 34.6 Å². The fraction of sp³-hybridized carbons (Fsp3) is 0.692. The minimum absolute atomic E-state index is 0.581. The molecule has 0 amide bonds. The quantitative estimate of drug-likeness (QED) is 0.906. The molecule has 0 aromatic carbocycles. The largest absolute Gasteiger partial charge is 0.383 e. The minimum Gasteiger partial charge on any atom is -0.383 e. The molecule has 0 spiro atoms. The summed E-state index contributed by atoms with van der Waals surface area (Å²) in [4.78, 5) is 11.3. The molecule has 0 aliphatic carbocycles. The highest BCUT2D eigenvalue weighted by molar-refractivity contribution is 7.99. The molecule has 1 fully saturated rings. The molecule has 0 bridgehead atoms. The molecule has 0 saturated carbocycles. The number of aryl methyl sites for hydroxylation is 1. The Morgan fingerprint density at radius 2 is 2.22 bits per heavy atom. The van der Waals surface area contributed by atoms with E-state index in [2.05, 4.69) is 23.9 Å². The number of nitrogen functional groups attached to an aromatic ring is 1. The van der Waals surface area contributed by atoms with E-state index in [1.807, 2.05) is 18.7 Å². The van der Waals surface area contributed by atoms with E-state index in [0.29, 0.717) is 11.9 Å². The molecule has 1 saturated heterocycles. The summed E-state index contributed by atoms with van der Waals surface area (Å²) >= 11 is 2.01. The predicted molar refractivity (Wildman–Crippen MR) is 79.3 cm³/mol. The van der Waals surface area contributed by atoms with Gasteiger partial charge >= 0.3 is 0 Å².